The van der Waals surface area contributed by atoms with E-state index in [0.717, 1.165) is 5.69 Å². The molecule has 0 saturated carbocycles. The van der Waals surface area contributed by atoms with Gasteiger partial charge in [0.15, 0.2) is 0 Å². The van der Waals surface area contributed by atoms with E-state index in [1.807, 2.05) is 18.2 Å². The van der Waals surface area contributed by atoms with Crippen LogP contribution in [0.3, 0.4) is 0 Å². The van der Waals surface area contributed by atoms with Crippen LogP contribution < -0.4 is 16.0 Å². The first kappa shape index (κ1) is 16.6. The van der Waals surface area contributed by atoms with Crippen LogP contribution in [0, 0.1) is 0 Å². The molecule has 0 aliphatic carbocycles. The van der Waals surface area contributed by atoms with Crippen molar-refractivity contribution < 1.29 is 9.59 Å². The Balaban J connectivity index is 1.73. The third-order valence-electron chi connectivity index (χ3n) is 3.03. The second-order valence-electron chi connectivity index (χ2n) is 5.06. The average Bonchev–Trinajstić information content (AvgIpc) is 2.52. The number of rotatable bonds is 7. The molecule has 3 N–H and O–H groups in total. The van der Waals surface area contributed by atoms with Gasteiger partial charge in [-0.05, 0) is 30.3 Å². The molecule has 0 atom stereocenters. The monoisotopic (exact) mass is 312 g/mol. The smallest absolute Gasteiger partial charge is 0.225 e. The van der Waals surface area contributed by atoms with Gasteiger partial charge in [0, 0.05) is 44.0 Å². The maximum atomic E-state index is 11.9. The highest BCUT2D eigenvalue weighted by Gasteiger charge is 2.03. The van der Waals surface area contributed by atoms with E-state index in [9.17, 15) is 9.59 Å². The summed E-state index contributed by atoms with van der Waals surface area (Å²) in [6, 6.07) is 12.8. The Bertz CT molecular complexity index is 659. The van der Waals surface area contributed by atoms with Gasteiger partial charge in [-0.3, -0.25) is 14.6 Å². The number of amides is 2. The van der Waals surface area contributed by atoms with Crippen molar-refractivity contribution in [1.82, 2.24) is 10.3 Å². The standard InChI is InChI=1S/C17H20N4O2/c1-13(22)20-14-6-4-7-15(11-14)21-17(23)8-10-18-12-16-5-2-3-9-19-16/h2-7,9,11,18H,8,10,12H2,1H3,(H,20,22)(H,21,23). The number of nitrogens with one attached hydrogen (secondary N) is 3. The fourth-order valence-corrected chi connectivity index (χ4v) is 2.02. The van der Waals surface area contributed by atoms with Crippen LogP contribution in [-0.2, 0) is 16.1 Å². The van der Waals surface area contributed by atoms with Gasteiger partial charge in [-0.25, -0.2) is 0 Å². The normalized spacial score (nSPS) is 10.1. The summed E-state index contributed by atoms with van der Waals surface area (Å²) in [5, 5.41) is 8.66. The van der Waals surface area contributed by atoms with Gasteiger partial charge in [0.25, 0.3) is 0 Å². The highest BCUT2D eigenvalue weighted by molar-refractivity contribution is 5.93. The summed E-state index contributed by atoms with van der Waals surface area (Å²) in [5.41, 5.74) is 2.26. The van der Waals surface area contributed by atoms with Crippen LogP contribution in [0.15, 0.2) is 48.7 Å². The van der Waals surface area contributed by atoms with E-state index >= 15 is 0 Å². The summed E-state index contributed by atoms with van der Waals surface area (Å²) in [4.78, 5) is 27.1. The number of pyridine rings is 1. The molecular weight excluding hydrogens is 292 g/mol. The average molecular weight is 312 g/mol. The van der Waals surface area contributed by atoms with Crippen molar-refractivity contribution in [3.8, 4) is 0 Å². The van der Waals surface area contributed by atoms with Crippen molar-refractivity contribution in [3.05, 3.63) is 54.4 Å². The first-order valence-electron chi connectivity index (χ1n) is 7.41. The van der Waals surface area contributed by atoms with E-state index < -0.39 is 0 Å². The van der Waals surface area contributed by atoms with Gasteiger partial charge in [0.2, 0.25) is 11.8 Å². The maximum absolute atomic E-state index is 11.9. The second-order valence-corrected chi connectivity index (χ2v) is 5.06. The van der Waals surface area contributed by atoms with Crippen LogP contribution in [0.25, 0.3) is 0 Å². The zero-order chi connectivity index (χ0) is 16.5. The predicted octanol–water partition coefficient (Wildman–Crippen LogP) is 2.16. The van der Waals surface area contributed by atoms with Crippen molar-refractivity contribution in [1.29, 1.82) is 0 Å². The molecule has 0 radical (unpaired) electrons. The zero-order valence-corrected chi connectivity index (χ0v) is 13.0. The number of anilines is 2. The fourth-order valence-electron chi connectivity index (χ4n) is 2.02. The molecule has 2 amide bonds. The molecule has 120 valence electrons. The van der Waals surface area contributed by atoms with Gasteiger partial charge >= 0.3 is 0 Å². The first-order valence-corrected chi connectivity index (χ1v) is 7.41. The molecule has 2 aromatic rings. The molecule has 0 unspecified atom stereocenters. The number of hydrogen-bond acceptors (Lipinski definition) is 4. The summed E-state index contributed by atoms with van der Waals surface area (Å²) in [5.74, 6) is -0.231. The molecule has 0 spiro atoms. The Morgan fingerprint density at radius 3 is 2.52 bits per heavy atom. The molecule has 0 aliphatic heterocycles. The fraction of sp³-hybridized carbons (Fsp3) is 0.235. The second kappa shape index (κ2) is 8.65. The van der Waals surface area contributed by atoms with Gasteiger partial charge in [-0.1, -0.05) is 12.1 Å². The van der Waals surface area contributed by atoms with Gasteiger partial charge < -0.3 is 16.0 Å². The number of nitrogens with zero attached hydrogens (tertiary/aromatic N) is 1. The molecule has 1 aromatic heterocycles. The number of hydrogen-bond donors (Lipinski definition) is 3. The topological polar surface area (TPSA) is 83.1 Å². The van der Waals surface area contributed by atoms with Crippen LogP contribution in [0.2, 0.25) is 0 Å². The Kier molecular flexibility index (Phi) is 6.26. The summed E-state index contributed by atoms with van der Waals surface area (Å²) in [7, 11) is 0. The molecule has 0 aliphatic rings. The summed E-state index contributed by atoms with van der Waals surface area (Å²) in [6.45, 7) is 2.64. The van der Waals surface area contributed by atoms with E-state index in [2.05, 4.69) is 20.9 Å². The van der Waals surface area contributed by atoms with E-state index in [4.69, 9.17) is 0 Å². The SMILES string of the molecule is CC(=O)Nc1cccc(NC(=O)CCNCc2ccccn2)c1. The molecule has 2 rings (SSSR count). The minimum Gasteiger partial charge on any atom is -0.326 e. The number of carbonyl (C=O) groups excluding carboxylic acids is 2. The minimum atomic E-state index is -0.146. The number of aromatic nitrogens is 1. The lowest BCUT2D eigenvalue weighted by molar-refractivity contribution is -0.116. The lowest BCUT2D eigenvalue weighted by atomic mass is 10.2. The van der Waals surface area contributed by atoms with Crippen molar-refractivity contribution >= 4 is 23.2 Å². The molecule has 1 aromatic carbocycles. The Morgan fingerprint density at radius 1 is 1.04 bits per heavy atom. The van der Waals surface area contributed by atoms with Crippen molar-refractivity contribution in [2.45, 2.75) is 19.9 Å². The summed E-state index contributed by atoms with van der Waals surface area (Å²) >= 11 is 0. The molecule has 0 fully saturated rings. The highest BCUT2D eigenvalue weighted by Crippen LogP contribution is 2.15. The van der Waals surface area contributed by atoms with Gasteiger partial charge in [-0.2, -0.15) is 0 Å². The van der Waals surface area contributed by atoms with Crippen molar-refractivity contribution in [3.63, 3.8) is 0 Å². The van der Waals surface area contributed by atoms with Crippen LogP contribution in [0.5, 0.6) is 0 Å². The predicted molar refractivity (Wildman–Crippen MR) is 89.9 cm³/mol. The largest absolute Gasteiger partial charge is 0.326 e. The number of benzene rings is 1. The van der Waals surface area contributed by atoms with Crippen molar-refractivity contribution in [2.24, 2.45) is 0 Å². The minimum absolute atomic E-state index is 0.0847. The van der Waals surface area contributed by atoms with Crippen LogP contribution in [-0.4, -0.2) is 23.3 Å². The molecule has 6 heteroatoms. The van der Waals surface area contributed by atoms with Gasteiger partial charge in [0.1, 0.15) is 0 Å². The third-order valence-corrected chi connectivity index (χ3v) is 3.03. The summed E-state index contributed by atoms with van der Waals surface area (Å²) < 4.78 is 0. The number of carbonyl (C=O) groups is 2. The highest BCUT2D eigenvalue weighted by atomic mass is 16.2. The molecule has 0 bridgehead atoms. The van der Waals surface area contributed by atoms with E-state index in [-0.39, 0.29) is 11.8 Å². The Morgan fingerprint density at radius 2 is 1.83 bits per heavy atom. The quantitative estimate of drug-likeness (QED) is 0.684. The van der Waals surface area contributed by atoms with Crippen LogP contribution >= 0.6 is 0 Å². The summed E-state index contributed by atoms with van der Waals surface area (Å²) in [6.07, 6.45) is 2.10. The maximum Gasteiger partial charge on any atom is 0.225 e. The Labute approximate surface area is 135 Å². The van der Waals surface area contributed by atoms with Gasteiger partial charge in [-0.15, -0.1) is 0 Å². The Hall–Kier alpha value is -2.73. The van der Waals surface area contributed by atoms with E-state index in [1.165, 1.54) is 6.92 Å². The van der Waals surface area contributed by atoms with Crippen molar-refractivity contribution in [2.75, 3.05) is 17.2 Å². The molecular formula is C17H20N4O2. The zero-order valence-electron chi connectivity index (χ0n) is 13.0. The van der Waals surface area contributed by atoms with Gasteiger partial charge in [0.05, 0.1) is 5.69 Å². The molecule has 1 heterocycles. The lowest BCUT2D eigenvalue weighted by Crippen LogP contribution is -2.21. The van der Waals surface area contributed by atoms with E-state index in [1.54, 1.807) is 30.5 Å². The molecule has 23 heavy (non-hydrogen) atoms. The third kappa shape index (κ3) is 6.27. The van der Waals surface area contributed by atoms with Crippen LogP contribution in [0.4, 0.5) is 11.4 Å². The molecule has 6 nitrogen and oxygen atoms in total. The van der Waals surface area contributed by atoms with E-state index in [0.29, 0.717) is 30.9 Å². The first-order chi connectivity index (χ1) is 11.1. The lowest BCUT2D eigenvalue weighted by Gasteiger charge is -2.08. The van der Waals surface area contributed by atoms with Crippen LogP contribution in [0.1, 0.15) is 19.0 Å². The molecule has 0 saturated heterocycles.